The lowest BCUT2D eigenvalue weighted by Crippen LogP contribution is -2.65. The third-order valence-corrected chi connectivity index (χ3v) is 10.5. The van der Waals surface area contributed by atoms with Crippen LogP contribution >= 0.6 is 0 Å². The molecule has 334 valence electrons. The highest BCUT2D eigenvalue weighted by atomic mass is 16.6. The first-order valence-electron chi connectivity index (χ1n) is 21.3. The van der Waals surface area contributed by atoms with E-state index in [1.165, 1.54) is 4.90 Å². The normalized spacial score (nSPS) is 18.3. The van der Waals surface area contributed by atoms with Gasteiger partial charge in [-0.15, -0.1) is 0 Å². The molecule has 0 radical (unpaired) electrons. The minimum atomic E-state index is -1.59. The summed E-state index contributed by atoms with van der Waals surface area (Å²) < 4.78 is 16.6. The number of hydrogen-bond acceptors (Lipinski definition) is 10. The number of likely N-dealkylation sites (tertiary alicyclic amines) is 2. The van der Waals surface area contributed by atoms with Gasteiger partial charge in [-0.2, -0.15) is 0 Å². The van der Waals surface area contributed by atoms with Crippen molar-refractivity contribution in [3.8, 4) is 0 Å². The molecule has 2 aliphatic heterocycles. The first-order valence-corrected chi connectivity index (χ1v) is 21.3. The summed E-state index contributed by atoms with van der Waals surface area (Å²) in [7, 11) is 0. The molecule has 0 bridgehead atoms. The van der Waals surface area contributed by atoms with E-state index in [1.807, 2.05) is 38.1 Å². The van der Waals surface area contributed by atoms with Gasteiger partial charge in [-0.25, -0.2) is 9.59 Å². The van der Waals surface area contributed by atoms with Crippen LogP contribution in [0.3, 0.4) is 0 Å². The summed E-state index contributed by atoms with van der Waals surface area (Å²) in [6, 6.07) is 12.7. The zero-order chi connectivity index (χ0) is 44.9. The lowest BCUT2D eigenvalue weighted by Gasteiger charge is -2.44. The molecule has 2 heterocycles. The van der Waals surface area contributed by atoms with Crippen molar-refractivity contribution in [2.75, 3.05) is 19.6 Å². The number of hydrogen-bond donors (Lipinski definition) is 3. The molecule has 61 heavy (non-hydrogen) atoms. The Morgan fingerprint density at radius 2 is 1.30 bits per heavy atom. The second kappa shape index (κ2) is 21.9. The van der Waals surface area contributed by atoms with Gasteiger partial charge in [0.05, 0.1) is 12.3 Å². The van der Waals surface area contributed by atoms with Crippen molar-refractivity contribution in [1.82, 2.24) is 25.8 Å². The maximum Gasteiger partial charge on any atom is 0.408 e. The monoisotopic (exact) mass is 847 g/mol. The molecule has 4 rings (SSSR count). The average Bonchev–Trinajstić information content (AvgIpc) is 3.75. The van der Waals surface area contributed by atoms with Crippen LogP contribution in [0.15, 0.2) is 60.7 Å². The number of nitrogens with zero attached hydrogens (tertiary/aromatic N) is 2. The summed E-state index contributed by atoms with van der Waals surface area (Å²) in [5, 5.41) is 8.11. The fourth-order valence-electron chi connectivity index (χ4n) is 7.45. The molecule has 15 nitrogen and oxygen atoms in total. The van der Waals surface area contributed by atoms with Crippen LogP contribution in [0.25, 0.3) is 0 Å². The molecule has 2 aromatic carbocycles. The molecule has 0 aromatic heterocycles. The van der Waals surface area contributed by atoms with Crippen LogP contribution < -0.4 is 16.0 Å². The van der Waals surface area contributed by atoms with Crippen LogP contribution in [0, 0.1) is 17.3 Å². The zero-order valence-corrected chi connectivity index (χ0v) is 37.0. The van der Waals surface area contributed by atoms with Crippen molar-refractivity contribution < 1.29 is 47.8 Å². The lowest BCUT2D eigenvalue weighted by molar-refractivity contribution is -0.156. The van der Waals surface area contributed by atoms with E-state index in [0.29, 0.717) is 25.1 Å². The smallest absolute Gasteiger partial charge is 0.408 e. The number of piperidine rings is 1. The van der Waals surface area contributed by atoms with Gasteiger partial charge in [0.15, 0.2) is 0 Å². The Kier molecular flexibility index (Phi) is 17.3. The standard InChI is InChI=1S/C46H65N5O10/c1-30(2)26-35(43(57)60-29-32-20-13-10-14-21-32)48-39(53)34(27-36(52)59-28-31-18-11-9-12-19-31)47-40(54)37-33(41(55)50-23-15-16-24-50)22-17-25-51(37)42(56)38(45(3,4)5)49-44(58)61-46(6,7)8/h9-14,18-21,30,33-35,37-38H,15-17,22-29H2,1-8H3,(H,47,54)(H,48,53)(H,49,58)/t33-,34+,35+,37+,38-/m1/s1. The van der Waals surface area contributed by atoms with E-state index in [2.05, 4.69) is 16.0 Å². The highest BCUT2D eigenvalue weighted by Gasteiger charge is 2.49. The first-order chi connectivity index (χ1) is 28.7. The minimum Gasteiger partial charge on any atom is -0.461 e. The molecule has 0 unspecified atom stereocenters. The molecule has 0 spiro atoms. The number of carbonyl (C=O) groups excluding carboxylic acids is 7. The Bertz CT molecular complexity index is 1820. The third kappa shape index (κ3) is 14.9. The molecule has 0 aliphatic carbocycles. The Balaban J connectivity index is 1.68. The highest BCUT2D eigenvalue weighted by Crippen LogP contribution is 2.31. The van der Waals surface area contributed by atoms with Gasteiger partial charge in [-0.05, 0) is 75.3 Å². The van der Waals surface area contributed by atoms with Crippen molar-refractivity contribution in [2.45, 2.75) is 137 Å². The molecule has 2 fully saturated rings. The van der Waals surface area contributed by atoms with E-state index in [-0.39, 0.29) is 44.4 Å². The van der Waals surface area contributed by atoms with Gasteiger partial charge in [0.25, 0.3) is 0 Å². The van der Waals surface area contributed by atoms with Crippen LogP contribution in [0.1, 0.15) is 105 Å². The number of carbonyl (C=O) groups is 7. The Morgan fingerprint density at radius 3 is 1.84 bits per heavy atom. The van der Waals surface area contributed by atoms with Crippen LogP contribution in [0.5, 0.6) is 0 Å². The second-order valence-electron chi connectivity index (χ2n) is 18.4. The predicted octanol–water partition coefficient (Wildman–Crippen LogP) is 5.05. The molecule has 3 N–H and O–H groups in total. The third-order valence-electron chi connectivity index (χ3n) is 10.5. The highest BCUT2D eigenvalue weighted by molar-refractivity contribution is 5.99. The number of amides is 5. The number of esters is 2. The quantitative estimate of drug-likeness (QED) is 0.152. The fourth-order valence-corrected chi connectivity index (χ4v) is 7.45. The second-order valence-corrected chi connectivity index (χ2v) is 18.4. The summed E-state index contributed by atoms with van der Waals surface area (Å²) >= 11 is 0. The maximum absolute atomic E-state index is 14.8. The van der Waals surface area contributed by atoms with Crippen molar-refractivity contribution >= 4 is 41.7 Å². The van der Waals surface area contributed by atoms with Crippen molar-refractivity contribution in [1.29, 1.82) is 0 Å². The number of ether oxygens (including phenoxy) is 3. The predicted molar refractivity (Wildman–Crippen MR) is 227 cm³/mol. The summed E-state index contributed by atoms with van der Waals surface area (Å²) in [4.78, 5) is 101. The average molecular weight is 848 g/mol. The molecule has 2 aliphatic rings. The van der Waals surface area contributed by atoms with Gasteiger partial charge in [-0.1, -0.05) is 95.3 Å². The Labute approximate surface area is 360 Å². The Hall–Kier alpha value is -5.47. The first kappa shape index (κ1) is 48.2. The number of alkyl carbamates (subject to hydrolysis) is 1. The summed E-state index contributed by atoms with van der Waals surface area (Å²) in [5.41, 5.74) is -0.281. The molecule has 15 heteroatoms. The summed E-state index contributed by atoms with van der Waals surface area (Å²) in [6.45, 7) is 15.1. The van der Waals surface area contributed by atoms with Gasteiger partial charge in [0.2, 0.25) is 23.6 Å². The lowest BCUT2D eigenvalue weighted by atomic mass is 9.82. The zero-order valence-electron chi connectivity index (χ0n) is 37.0. The van der Waals surface area contributed by atoms with Gasteiger partial charge < -0.3 is 40.0 Å². The summed E-state index contributed by atoms with van der Waals surface area (Å²) in [5.74, 6) is -5.19. The Morgan fingerprint density at radius 1 is 0.721 bits per heavy atom. The van der Waals surface area contributed by atoms with E-state index in [4.69, 9.17) is 14.2 Å². The fraction of sp³-hybridized carbons (Fsp3) is 0.587. The van der Waals surface area contributed by atoms with Crippen molar-refractivity contribution in [2.24, 2.45) is 17.3 Å². The molecule has 5 atom stereocenters. The van der Waals surface area contributed by atoms with Crippen molar-refractivity contribution in [3.05, 3.63) is 71.8 Å². The largest absolute Gasteiger partial charge is 0.461 e. The number of rotatable bonds is 16. The number of benzene rings is 2. The molecule has 2 saturated heterocycles. The van der Waals surface area contributed by atoms with Crippen LogP contribution in [-0.4, -0.2) is 101 Å². The van der Waals surface area contributed by atoms with E-state index in [0.717, 1.165) is 18.4 Å². The number of nitrogens with one attached hydrogen (secondary N) is 3. The van der Waals surface area contributed by atoms with Gasteiger partial charge in [-0.3, -0.25) is 24.0 Å². The summed E-state index contributed by atoms with van der Waals surface area (Å²) in [6.07, 6.45) is 0.984. The molecule has 2 aromatic rings. The minimum absolute atomic E-state index is 0.0353. The van der Waals surface area contributed by atoms with E-state index in [1.54, 1.807) is 82.8 Å². The van der Waals surface area contributed by atoms with E-state index in [9.17, 15) is 33.6 Å². The van der Waals surface area contributed by atoms with Gasteiger partial charge in [0, 0.05) is 19.6 Å². The SMILES string of the molecule is CC(C)C[C@H](NC(=O)[C@H](CC(=O)OCc1ccccc1)NC(=O)[C@@H]1[C@H](C(=O)N2CCCC2)CCCN1C(=O)[C@@H](NC(=O)OC(C)(C)C)C(C)(C)C)C(=O)OCc1ccccc1. The van der Waals surface area contributed by atoms with Gasteiger partial charge >= 0.3 is 18.0 Å². The van der Waals surface area contributed by atoms with Crippen LogP contribution in [0.4, 0.5) is 4.79 Å². The van der Waals surface area contributed by atoms with Crippen molar-refractivity contribution in [3.63, 3.8) is 0 Å². The van der Waals surface area contributed by atoms with Gasteiger partial charge in [0.1, 0.15) is 43.0 Å². The van der Waals surface area contributed by atoms with E-state index < -0.39 is 83.3 Å². The topological polar surface area (TPSA) is 190 Å². The van der Waals surface area contributed by atoms with Crippen LogP contribution in [-0.2, 0) is 56.2 Å². The van der Waals surface area contributed by atoms with E-state index >= 15 is 0 Å². The molecule has 0 saturated carbocycles. The molecule has 5 amide bonds. The molecular weight excluding hydrogens is 783 g/mol. The molecular formula is C46H65N5O10. The van der Waals surface area contributed by atoms with Crippen LogP contribution in [0.2, 0.25) is 0 Å². The maximum atomic E-state index is 14.8.